The maximum absolute atomic E-state index is 14.1. The third kappa shape index (κ3) is 5.14. The highest BCUT2D eigenvalue weighted by molar-refractivity contribution is 5.92. The number of nitrogens with two attached hydrogens (primary N) is 1. The molecule has 0 bridgehead atoms. The van der Waals surface area contributed by atoms with E-state index in [0.717, 1.165) is 12.1 Å². The number of hydrogen-bond acceptors (Lipinski definition) is 3. The van der Waals surface area contributed by atoms with Crippen LogP contribution in [-0.4, -0.2) is 35.6 Å². The Labute approximate surface area is 146 Å². The smallest absolute Gasteiger partial charge is 0.410 e. The SMILES string of the molecule is CC(C)(C)OC(=O)N1CCC(Cc2c(F)cc(C(N)=O)cc2F)CC1. The molecule has 1 aliphatic heterocycles. The Morgan fingerprint density at radius 2 is 1.72 bits per heavy atom. The van der Waals surface area contributed by atoms with Crippen LogP contribution in [0.1, 0.15) is 49.5 Å². The Kier molecular flexibility index (Phi) is 5.65. The van der Waals surface area contributed by atoms with Crippen molar-refractivity contribution in [3.8, 4) is 0 Å². The van der Waals surface area contributed by atoms with Gasteiger partial charge < -0.3 is 15.4 Å². The van der Waals surface area contributed by atoms with Gasteiger partial charge in [0, 0.05) is 24.2 Å². The Balaban J connectivity index is 1.96. The lowest BCUT2D eigenvalue weighted by molar-refractivity contribution is 0.0183. The normalized spacial score (nSPS) is 16.0. The highest BCUT2D eigenvalue weighted by Crippen LogP contribution is 2.26. The van der Waals surface area contributed by atoms with Crippen molar-refractivity contribution in [2.24, 2.45) is 11.7 Å². The molecule has 0 radical (unpaired) electrons. The first-order valence-corrected chi connectivity index (χ1v) is 8.32. The van der Waals surface area contributed by atoms with Gasteiger partial charge in [-0.1, -0.05) is 0 Å². The number of carbonyl (C=O) groups is 2. The van der Waals surface area contributed by atoms with Gasteiger partial charge in [-0.25, -0.2) is 13.6 Å². The van der Waals surface area contributed by atoms with Gasteiger partial charge in [-0.15, -0.1) is 0 Å². The molecular weight excluding hydrogens is 330 g/mol. The van der Waals surface area contributed by atoms with E-state index in [0.29, 0.717) is 25.9 Å². The molecule has 5 nitrogen and oxygen atoms in total. The molecule has 2 N–H and O–H groups in total. The van der Waals surface area contributed by atoms with E-state index < -0.39 is 23.1 Å². The van der Waals surface area contributed by atoms with Crippen molar-refractivity contribution in [3.63, 3.8) is 0 Å². The molecular formula is C18H24F2N2O3. The van der Waals surface area contributed by atoms with Crippen LogP contribution in [0, 0.1) is 17.6 Å². The zero-order valence-corrected chi connectivity index (χ0v) is 14.8. The summed E-state index contributed by atoms with van der Waals surface area (Å²) in [7, 11) is 0. The predicted octanol–water partition coefficient (Wildman–Crippen LogP) is 3.25. The number of hydrogen-bond donors (Lipinski definition) is 1. The fraction of sp³-hybridized carbons (Fsp3) is 0.556. The number of primary amides is 1. The molecule has 1 aromatic carbocycles. The summed E-state index contributed by atoms with van der Waals surface area (Å²) in [6.45, 7) is 6.39. The van der Waals surface area contributed by atoms with Crippen LogP contribution >= 0.6 is 0 Å². The van der Waals surface area contributed by atoms with E-state index in [1.54, 1.807) is 25.7 Å². The van der Waals surface area contributed by atoms with Gasteiger partial charge in [-0.05, 0) is 58.1 Å². The lowest BCUT2D eigenvalue weighted by Crippen LogP contribution is -2.42. The van der Waals surface area contributed by atoms with E-state index in [4.69, 9.17) is 10.5 Å². The van der Waals surface area contributed by atoms with E-state index in [2.05, 4.69) is 0 Å². The van der Waals surface area contributed by atoms with Crippen LogP contribution in [0.15, 0.2) is 12.1 Å². The highest BCUT2D eigenvalue weighted by atomic mass is 19.1. The minimum absolute atomic E-state index is 0.0410. The fourth-order valence-electron chi connectivity index (χ4n) is 2.88. The van der Waals surface area contributed by atoms with Crippen LogP contribution in [0.3, 0.4) is 0 Å². The quantitative estimate of drug-likeness (QED) is 0.905. The number of halogens is 2. The van der Waals surface area contributed by atoms with Crippen LogP contribution in [0.5, 0.6) is 0 Å². The van der Waals surface area contributed by atoms with E-state index in [1.165, 1.54) is 0 Å². The first kappa shape index (κ1) is 19.1. The molecule has 1 aliphatic rings. The summed E-state index contributed by atoms with van der Waals surface area (Å²) in [6.07, 6.45) is 1.12. The minimum Gasteiger partial charge on any atom is -0.444 e. The number of nitrogens with zero attached hydrogens (tertiary/aromatic N) is 1. The highest BCUT2D eigenvalue weighted by Gasteiger charge is 2.28. The first-order valence-electron chi connectivity index (χ1n) is 8.32. The molecule has 0 spiro atoms. The molecule has 1 aromatic rings. The first-order chi connectivity index (χ1) is 11.6. The fourth-order valence-corrected chi connectivity index (χ4v) is 2.88. The standard InChI is InChI=1S/C18H24F2N2O3/c1-18(2,3)25-17(24)22-6-4-11(5-7-22)8-13-14(19)9-12(16(21)23)10-15(13)20/h9-11H,4-8H2,1-3H3,(H2,21,23). The number of benzene rings is 1. The molecule has 0 aromatic heterocycles. The van der Waals surface area contributed by atoms with Crippen LogP contribution < -0.4 is 5.73 Å². The van der Waals surface area contributed by atoms with Crippen LogP contribution in [0.25, 0.3) is 0 Å². The average molecular weight is 354 g/mol. The number of ether oxygens (including phenoxy) is 1. The summed E-state index contributed by atoms with van der Waals surface area (Å²) >= 11 is 0. The van der Waals surface area contributed by atoms with Crippen molar-refractivity contribution < 1.29 is 23.1 Å². The molecule has 0 saturated carbocycles. The number of rotatable bonds is 3. The molecule has 7 heteroatoms. The molecule has 138 valence electrons. The summed E-state index contributed by atoms with van der Waals surface area (Å²) in [6, 6.07) is 1.94. The van der Waals surface area contributed by atoms with E-state index in [1.807, 2.05) is 0 Å². The summed E-state index contributed by atoms with van der Waals surface area (Å²) in [5.74, 6) is -2.33. The molecule has 0 atom stereocenters. The second-order valence-corrected chi connectivity index (χ2v) is 7.40. The minimum atomic E-state index is -0.866. The lowest BCUT2D eigenvalue weighted by atomic mass is 9.89. The van der Waals surface area contributed by atoms with Crippen LogP contribution in [0.4, 0.5) is 13.6 Å². The maximum Gasteiger partial charge on any atom is 0.410 e. The second-order valence-electron chi connectivity index (χ2n) is 7.40. The van der Waals surface area contributed by atoms with E-state index in [-0.39, 0.29) is 29.6 Å². The third-order valence-corrected chi connectivity index (χ3v) is 4.18. The molecule has 0 unspecified atom stereocenters. The van der Waals surface area contributed by atoms with Gasteiger partial charge in [-0.3, -0.25) is 4.79 Å². The maximum atomic E-state index is 14.1. The van der Waals surface area contributed by atoms with Gasteiger partial charge in [0.25, 0.3) is 0 Å². The van der Waals surface area contributed by atoms with Crippen molar-refractivity contribution >= 4 is 12.0 Å². The largest absolute Gasteiger partial charge is 0.444 e. The average Bonchev–Trinajstić information content (AvgIpc) is 2.49. The Morgan fingerprint density at radius 1 is 1.20 bits per heavy atom. The molecule has 0 aliphatic carbocycles. The van der Waals surface area contributed by atoms with E-state index in [9.17, 15) is 18.4 Å². The topological polar surface area (TPSA) is 72.6 Å². The van der Waals surface area contributed by atoms with Gasteiger partial charge in [0.1, 0.15) is 17.2 Å². The molecule has 2 amide bonds. The zero-order chi connectivity index (χ0) is 18.8. The van der Waals surface area contributed by atoms with Crippen molar-refractivity contribution in [3.05, 3.63) is 34.9 Å². The summed E-state index contributed by atoms with van der Waals surface area (Å²) < 4.78 is 33.5. The number of carbonyl (C=O) groups excluding carboxylic acids is 2. The molecule has 1 saturated heterocycles. The van der Waals surface area contributed by atoms with Gasteiger partial charge >= 0.3 is 6.09 Å². The van der Waals surface area contributed by atoms with Crippen molar-refractivity contribution in [1.29, 1.82) is 0 Å². The lowest BCUT2D eigenvalue weighted by Gasteiger charge is -2.33. The predicted molar refractivity (Wildman–Crippen MR) is 89.1 cm³/mol. The van der Waals surface area contributed by atoms with Crippen molar-refractivity contribution in [2.75, 3.05) is 13.1 Å². The van der Waals surface area contributed by atoms with Crippen molar-refractivity contribution in [1.82, 2.24) is 4.90 Å². The van der Waals surface area contributed by atoms with Crippen LogP contribution in [0.2, 0.25) is 0 Å². The van der Waals surface area contributed by atoms with Gasteiger partial charge in [0.2, 0.25) is 5.91 Å². The number of piperidine rings is 1. The summed E-state index contributed by atoms with van der Waals surface area (Å²) in [5.41, 5.74) is 4.28. The van der Waals surface area contributed by atoms with E-state index >= 15 is 0 Å². The Bertz CT molecular complexity index is 640. The number of likely N-dealkylation sites (tertiary alicyclic amines) is 1. The zero-order valence-electron chi connectivity index (χ0n) is 14.8. The summed E-state index contributed by atoms with van der Waals surface area (Å²) in [4.78, 5) is 24.7. The molecule has 1 fully saturated rings. The Hall–Kier alpha value is -2.18. The number of amides is 2. The van der Waals surface area contributed by atoms with Crippen LogP contribution in [-0.2, 0) is 11.2 Å². The third-order valence-electron chi connectivity index (χ3n) is 4.18. The summed E-state index contributed by atoms with van der Waals surface area (Å²) in [5, 5.41) is 0. The Morgan fingerprint density at radius 3 is 2.16 bits per heavy atom. The second kappa shape index (κ2) is 7.37. The molecule has 2 rings (SSSR count). The monoisotopic (exact) mass is 354 g/mol. The van der Waals surface area contributed by atoms with Crippen molar-refractivity contribution in [2.45, 2.75) is 45.6 Å². The van der Waals surface area contributed by atoms with Gasteiger partial charge in [-0.2, -0.15) is 0 Å². The van der Waals surface area contributed by atoms with Gasteiger partial charge in [0.05, 0.1) is 0 Å². The molecule has 1 heterocycles. The van der Waals surface area contributed by atoms with Gasteiger partial charge in [0.15, 0.2) is 0 Å². The molecule has 25 heavy (non-hydrogen) atoms.